The lowest BCUT2D eigenvalue weighted by molar-refractivity contribution is -0.140. The Morgan fingerprint density at radius 1 is 1.20 bits per heavy atom. The summed E-state index contributed by atoms with van der Waals surface area (Å²) in [6.07, 6.45) is -4.68. The lowest BCUT2D eigenvalue weighted by atomic mass is 9.94. The number of halogens is 6. The minimum absolute atomic E-state index is 0.00190. The molecule has 264 valence electrons. The molecular formula is C32H36F5IN8O3. The van der Waals surface area contributed by atoms with Crippen LogP contribution in [0.5, 0.6) is 6.01 Å². The first kappa shape index (κ1) is 34.1. The van der Waals surface area contributed by atoms with Crippen LogP contribution in [0.15, 0.2) is 12.1 Å². The Hall–Kier alpha value is -3.32. The molecule has 2 fully saturated rings. The fraction of sp³-hybridized carbons (Fsp3) is 0.562. The van der Waals surface area contributed by atoms with Crippen LogP contribution < -0.4 is 15.4 Å². The smallest absolute Gasteiger partial charge is 0.416 e. The van der Waals surface area contributed by atoms with Gasteiger partial charge in [0.2, 0.25) is 0 Å². The van der Waals surface area contributed by atoms with E-state index in [0.717, 1.165) is 37.2 Å². The summed E-state index contributed by atoms with van der Waals surface area (Å²) in [7, 11) is 3.32. The Morgan fingerprint density at radius 3 is 2.76 bits per heavy atom. The van der Waals surface area contributed by atoms with E-state index in [1.165, 1.54) is 4.90 Å². The van der Waals surface area contributed by atoms with E-state index in [1.807, 2.05) is 9.58 Å². The van der Waals surface area contributed by atoms with Gasteiger partial charge in [-0.3, -0.25) is 14.4 Å². The predicted octanol–water partition coefficient (Wildman–Crippen LogP) is 4.90. The molecule has 0 aliphatic carbocycles. The van der Waals surface area contributed by atoms with Gasteiger partial charge in [0.25, 0.3) is 5.91 Å². The average Bonchev–Trinajstić information content (AvgIpc) is 3.62. The van der Waals surface area contributed by atoms with E-state index in [4.69, 9.17) is 20.2 Å². The summed E-state index contributed by atoms with van der Waals surface area (Å²) in [4.78, 5) is 27.9. The molecule has 7 rings (SSSR count). The largest absolute Gasteiger partial charge is 0.461 e. The molecule has 4 aliphatic heterocycles. The van der Waals surface area contributed by atoms with Crippen molar-refractivity contribution in [3.63, 3.8) is 0 Å². The number of fused-ring (bicyclic) bond motifs is 3. The third kappa shape index (κ3) is 6.19. The van der Waals surface area contributed by atoms with Gasteiger partial charge >= 0.3 is 12.2 Å². The van der Waals surface area contributed by atoms with E-state index in [-0.39, 0.29) is 31.6 Å². The SMILES string of the molecule is CN(C)C(=O)c1nn2c(c1I)CN(c1nc(OC[C@@]34CCCN3C[C@H](F)C4)nc3c1CO[C@H](c1c(C(F)(F)F)ccc(N)c1F)C3)CCC2. The summed E-state index contributed by atoms with van der Waals surface area (Å²) < 4.78 is 86.8. The molecule has 0 radical (unpaired) electrons. The number of carbonyl (C=O) groups excluding carboxylic acids is 1. The monoisotopic (exact) mass is 802 g/mol. The van der Waals surface area contributed by atoms with Gasteiger partial charge in [-0.1, -0.05) is 0 Å². The highest BCUT2D eigenvalue weighted by molar-refractivity contribution is 14.1. The molecule has 2 saturated heterocycles. The molecule has 0 bridgehead atoms. The van der Waals surface area contributed by atoms with Crippen LogP contribution in [-0.2, 0) is 37.0 Å². The van der Waals surface area contributed by atoms with Crippen LogP contribution >= 0.6 is 22.6 Å². The number of hydrogen-bond acceptors (Lipinski definition) is 9. The Bertz CT molecular complexity index is 1790. The van der Waals surface area contributed by atoms with Crippen molar-refractivity contribution in [2.45, 2.75) is 75.8 Å². The van der Waals surface area contributed by atoms with E-state index in [0.29, 0.717) is 65.4 Å². The fourth-order valence-electron chi connectivity index (χ4n) is 7.57. The number of aromatic nitrogens is 4. The second-order valence-corrected chi connectivity index (χ2v) is 14.4. The summed E-state index contributed by atoms with van der Waals surface area (Å²) in [6, 6.07) is 1.65. The van der Waals surface area contributed by atoms with Crippen molar-refractivity contribution in [1.82, 2.24) is 29.5 Å². The first-order valence-corrected chi connectivity index (χ1v) is 17.2. The molecule has 0 saturated carbocycles. The number of nitrogen functional groups attached to an aromatic ring is 1. The van der Waals surface area contributed by atoms with Crippen LogP contribution in [0.25, 0.3) is 0 Å². The van der Waals surface area contributed by atoms with Crippen molar-refractivity contribution in [3.05, 3.63) is 55.3 Å². The third-order valence-corrected chi connectivity index (χ3v) is 11.1. The van der Waals surface area contributed by atoms with Crippen molar-refractivity contribution in [2.75, 3.05) is 51.0 Å². The maximum atomic E-state index is 15.3. The van der Waals surface area contributed by atoms with Crippen LogP contribution in [0.2, 0.25) is 0 Å². The zero-order valence-corrected chi connectivity index (χ0v) is 29.2. The Morgan fingerprint density at radius 2 is 2.00 bits per heavy atom. The highest BCUT2D eigenvalue weighted by Crippen LogP contribution is 2.44. The van der Waals surface area contributed by atoms with Gasteiger partial charge in [-0.15, -0.1) is 0 Å². The van der Waals surface area contributed by atoms with Crippen molar-refractivity contribution in [2.24, 2.45) is 0 Å². The second kappa shape index (κ2) is 12.8. The standard InChI is InChI=1S/C32H36F5IN8O3/c1-43(2)29(47)27-26(38)22-14-44(8-4-10-46(22)42-27)28-18-15-48-23(24-19(32(35,36)37)5-6-20(39)25(24)34)11-21(18)40-30(41-28)49-16-31-7-3-9-45(31)13-17(33)12-31/h5-6,17,23H,3-4,7-16,39H2,1-2H3/t17-,23+,31+/m1/s1. The molecule has 0 unspecified atom stereocenters. The van der Waals surface area contributed by atoms with Gasteiger partial charge in [0, 0.05) is 57.7 Å². The number of anilines is 2. The number of nitrogens with zero attached hydrogens (tertiary/aromatic N) is 7. The quantitative estimate of drug-likeness (QED) is 0.211. The molecule has 2 N–H and O–H groups in total. The molecule has 4 aliphatic rings. The van der Waals surface area contributed by atoms with Crippen LogP contribution in [0.4, 0.5) is 33.5 Å². The lowest BCUT2D eigenvalue weighted by Crippen LogP contribution is -2.43. The number of amides is 1. The van der Waals surface area contributed by atoms with Gasteiger partial charge in [-0.05, 0) is 60.5 Å². The molecule has 6 heterocycles. The molecule has 1 amide bonds. The maximum absolute atomic E-state index is 15.3. The predicted molar refractivity (Wildman–Crippen MR) is 176 cm³/mol. The van der Waals surface area contributed by atoms with Crippen LogP contribution in [0.1, 0.15) is 70.4 Å². The van der Waals surface area contributed by atoms with Crippen LogP contribution in [0, 0.1) is 9.39 Å². The first-order chi connectivity index (χ1) is 23.3. The van der Waals surface area contributed by atoms with Gasteiger partial charge < -0.3 is 25.0 Å². The third-order valence-electron chi connectivity index (χ3n) is 9.97. The molecule has 49 heavy (non-hydrogen) atoms. The highest BCUT2D eigenvalue weighted by Gasteiger charge is 2.49. The van der Waals surface area contributed by atoms with E-state index >= 15 is 4.39 Å². The lowest BCUT2D eigenvalue weighted by Gasteiger charge is -2.33. The summed E-state index contributed by atoms with van der Waals surface area (Å²) in [5.41, 5.74) is 5.02. The highest BCUT2D eigenvalue weighted by atomic mass is 127. The number of alkyl halides is 4. The molecule has 1 aromatic carbocycles. The fourth-order valence-corrected chi connectivity index (χ4v) is 8.36. The number of rotatable bonds is 6. The second-order valence-electron chi connectivity index (χ2n) is 13.4. The molecular weight excluding hydrogens is 766 g/mol. The minimum atomic E-state index is -4.85. The Balaban J connectivity index is 1.27. The van der Waals surface area contributed by atoms with Crippen molar-refractivity contribution >= 4 is 40.0 Å². The first-order valence-electron chi connectivity index (χ1n) is 16.2. The number of aryl methyl sites for hydroxylation is 1. The maximum Gasteiger partial charge on any atom is 0.416 e. The number of nitrogens with two attached hydrogens (primary N) is 1. The number of hydrogen-bond donors (Lipinski definition) is 1. The summed E-state index contributed by atoms with van der Waals surface area (Å²) in [6.45, 7) is 2.46. The number of ether oxygens (including phenoxy) is 2. The van der Waals surface area contributed by atoms with Crippen LogP contribution in [-0.4, -0.2) is 87.5 Å². The van der Waals surface area contributed by atoms with Gasteiger partial charge in [0.1, 0.15) is 18.6 Å². The van der Waals surface area contributed by atoms with Gasteiger partial charge in [-0.2, -0.15) is 28.2 Å². The average molecular weight is 803 g/mol. The topological polar surface area (TPSA) is 115 Å². The van der Waals surface area contributed by atoms with Gasteiger partial charge in [-0.25, -0.2) is 8.78 Å². The Kier molecular flexibility index (Phi) is 8.90. The number of benzene rings is 1. The van der Waals surface area contributed by atoms with E-state index in [9.17, 15) is 22.4 Å². The van der Waals surface area contributed by atoms with E-state index in [1.54, 1.807) is 14.1 Å². The van der Waals surface area contributed by atoms with E-state index in [2.05, 4.69) is 37.6 Å². The summed E-state index contributed by atoms with van der Waals surface area (Å²) in [5, 5.41) is 4.60. The van der Waals surface area contributed by atoms with Crippen molar-refractivity contribution in [1.29, 1.82) is 0 Å². The van der Waals surface area contributed by atoms with Gasteiger partial charge in [0.15, 0.2) is 11.5 Å². The van der Waals surface area contributed by atoms with Gasteiger partial charge in [0.05, 0.1) is 51.0 Å². The zero-order valence-electron chi connectivity index (χ0n) is 27.0. The number of carbonyl (C=O) groups is 1. The molecule has 0 spiro atoms. The summed E-state index contributed by atoms with van der Waals surface area (Å²) >= 11 is 2.13. The van der Waals surface area contributed by atoms with Crippen LogP contribution in [0.3, 0.4) is 0 Å². The normalized spacial score (nSPS) is 24.0. The van der Waals surface area contributed by atoms with E-state index < -0.39 is 46.6 Å². The molecule has 3 aromatic rings. The molecule has 2 aromatic heterocycles. The molecule has 17 heteroatoms. The summed E-state index contributed by atoms with van der Waals surface area (Å²) in [5.74, 6) is -0.945. The minimum Gasteiger partial charge on any atom is -0.461 e. The Labute approximate surface area is 293 Å². The molecule has 3 atom stereocenters. The zero-order chi connectivity index (χ0) is 34.8. The van der Waals surface area contributed by atoms with Crippen molar-refractivity contribution in [3.8, 4) is 6.01 Å². The molecule has 11 nitrogen and oxygen atoms in total. The van der Waals surface area contributed by atoms with Crippen molar-refractivity contribution < 1.29 is 36.2 Å².